The molecule has 0 aromatic carbocycles. The van der Waals surface area contributed by atoms with Gasteiger partial charge in [-0.3, -0.25) is 0 Å². The summed E-state index contributed by atoms with van der Waals surface area (Å²) in [5, 5.41) is 44.2. The zero-order valence-electron chi connectivity index (χ0n) is 15.8. The Kier molecular flexibility index (Phi) is 4.89. The summed E-state index contributed by atoms with van der Waals surface area (Å²) < 4.78 is 10.1. The topological polar surface area (TPSA) is 136 Å². The average Bonchev–Trinajstić information content (AvgIpc) is 3.12. The van der Waals surface area contributed by atoms with Crippen molar-refractivity contribution in [1.29, 1.82) is 0 Å². The normalized spacial score (nSPS) is 48.0. The number of hydrogen-bond acceptors (Lipinski definition) is 8. The first-order chi connectivity index (χ1) is 12.5. The minimum absolute atomic E-state index is 0.165. The van der Waals surface area contributed by atoms with Gasteiger partial charge in [0.05, 0.1) is 19.7 Å². The van der Waals surface area contributed by atoms with Gasteiger partial charge >= 0.3 is 11.9 Å². The maximum absolute atomic E-state index is 13.0. The van der Waals surface area contributed by atoms with Crippen LogP contribution in [0.5, 0.6) is 0 Å². The number of quaternary nitrogens is 1. The maximum Gasteiger partial charge on any atom is 0.341 e. The van der Waals surface area contributed by atoms with Crippen molar-refractivity contribution in [1.82, 2.24) is 0 Å². The van der Waals surface area contributed by atoms with Crippen molar-refractivity contribution in [3.8, 4) is 0 Å². The van der Waals surface area contributed by atoms with Crippen molar-refractivity contribution in [2.24, 2.45) is 11.8 Å². The molecule has 0 aromatic rings. The quantitative estimate of drug-likeness (QED) is 0.232. The molecule has 3 aliphatic rings. The average molecular weight is 385 g/mol. The van der Waals surface area contributed by atoms with E-state index < -0.39 is 58.4 Å². The number of hydroxylamine groups is 3. The molecular weight excluding hydrogens is 358 g/mol. The lowest BCUT2D eigenvalue weighted by Crippen LogP contribution is -2.58. The molecule has 0 saturated carbocycles. The number of rotatable bonds is 1. The minimum atomic E-state index is -2.33. The van der Waals surface area contributed by atoms with E-state index in [-0.39, 0.29) is 19.7 Å². The second-order valence-electron chi connectivity index (χ2n) is 8.20. The Morgan fingerprint density at radius 3 is 2.56 bits per heavy atom. The summed E-state index contributed by atoms with van der Waals surface area (Å²) in [5.41, 5.74) is -3.80. The monoisotopic (exact) mass is 385 g/mol. The fourth-order valence-corrected chi connectivity index (χ4v) is 4.37. The highest BCUT2D eigenvalue weighted by molar-refractivity contribution is 5.82. The Morgan fingerprint density at radius 1 is 1.26 bits per heavy atom. The number of nitrogens with zero attached hydrogens (tertiary/aromatic N) is 1. The number of carbonyl (C=O) groups excluding carboxylic acids is 2. The molecule has 3 rings (SSSR count). The van der Waals surface area contributed by atoms with Crippen LogP contribution in [0.3, 0.4) is 0 Å². The molecule has 3 heterocycles. The molecule has 9 heteroatoms. The lowest BCUT2D eigenvalue weighted by molar-refractivity contribution is -0.877. The summed E-state index contributed by atoms with van der Waals surface area (Å²) >= 11 is 0. The molecule has 0 unspecified atom stereocenters. The standard InChI is InChI=1S/C18H27NO8/c1-10-11(2)18(24,9-20)16(22)27-13-5-7-19(25)6-4-12(14(13)19)8-26-15(21)17(10,3)23/h4,10-11,13-14,20,23-24H,5-9H2,1-3H3/t10-,11-,13-,14-,17-,18-,19-/m1/s1. The number of hydrogen-bond donors (Lipinski definition) is 3. The first kappa shape index (κ1) is 20.2. The third kappa shape index (κ3) is 2.98. The summed E-state index contributed by atoms with van der Waals surface area (Å²) in [4.78, 5) is 25.2. The summed E-state index contributed by atoms with van der Waals surface area (Å²) in [6, 6.07) is -0.721. The van der Waals surface area contributed by atoms with Crippen LogP contribution in [0.2, 0.25) is 0 Å². The Bertz CT molecular complexity index is 676. The van der Waals surface area contributed by atoms with Gasteiger partial charge in [0, 0.05) is 23.8 Å². The fraction of sp³-hybridized carbons (Fsp3) is 0.778. The second kappa shape index (κ2) is 6.52. The van der Waals surface area contributed by atoms with Crippen LogP contribution >= 0.6 is 0 Å². The number of aliphatic hydroxyl groups is 3. The molecule has 2 fully saturated rings. The second-order valence-corrected chi connectivity index (χ2v) is 8.20. The van der Waals surface area contributed by atoms with Gasteiger partial charge in [0.15, 0.2) is 23.3 Å². The lowest BCUT2D eigenvalue weighted by Gasteiger charge is -2.42. The van der Waals surface area contributed by atoms with Gasteiger partial charge < -0.3 is 34.6 Å². The minimum Gasteiger partial charge on any atom is -0.632 e. The van der Waals surface area contributed by atoms with Gasteiger partial charge in [0.2, 0.25) is 0 Å². The fourth-order valence-electron chi connectivity index (χ4n) is 4.37. The summed E-state index contributed by atoms with van der Waals surface area (Å²) in [7, 11) is 0. The van der Waals surface area contributed by atoms with Crippen molar-refractivity contribution in [3.05, 3.63) is 16.9 Å². The third-order valence-electron chi connectivity index (χ3n) is 6.72. The van der Waals surface area contributed by atoms with Crippen LogP contribution in [-0.2, 0) is 19.1 Å². The zero-order chi connectivity index (χ0) is 20.2. The van der Waals surface area contributed by atoms with E-state index in [9.17, 15) is 30.1 Å². The van der Waals surface area contributed by atoms with Crippen LogP contribution in [0.25, 0.3) is 0 Å². The van der Waals surface area contributed by atoms with Gasteiger partial charge in [-0.05, 0) is 13.0 Å². The first-order valence-electron chi connectivity index (χ1n) is 9.18. The van der Waals surface area contributed by atoms with Gasteiger partial charge in [0.25, 0.3) is 0 Å². The molecule has 152 valence electrons. The Morgan fingerprint density at radius 2 is 1.93 bits per heavy atom. The molecule has 0 bridgehead atoms. The van der Waals surface area contributed by atoms with E-state index >= 15 is 0 Å². The molecule has 7 atom stereocenters. The summed E-state index contributed by atoms with van der Waals surface area (Å²) in [6.07, 6.45) is 1.22. The SMILES string of the molecule is C[C@@H]1[C@@H](C)[C@](O)(CO)C(=O)O[C@@H]2CC[N@+]3([O-])CC=C(COC(=O)[C@]1(C)O)[C@H]23. The van der Waals surface area contributed by atoms with Gasteiger partial charge in [-0.2, -0.15) is 0 Å². The van der Waals surface area contributed by atoms with E-state index in [0.717, 1.165) is 0 Å². The van der Waals surface area contributed by atoms with E-state index in [1.807, 2.05) is 0 Å². The van der Waals surface area contributed by atoms with Gasteiger partial charge in [0.1, 0.15) is 6.61 Å². The van der Waals surface area contributed by atoms with Crippen molar-refractivity contribution < 1.29 is 39.0 Å². The van der Waals surface area contributed by atoms with Gasteiger partial charge in [-0.15, -0.1) is 0 Å². The highest BCUT2D eigenvalue weighted by Gasteiger charge is 2.56. The Balaban J connectivity index is 2.02. The molecule has 0 radical (unpaired) electrons. The molecule has 9 nitrogen and oxygen atoms in total. The van der Waals surface area contributed by atoms with Crippen molar-refractivity contribution in [3.63, 3.8) is 0 Å². The van der Waals surface area contributed by atoms with E-state index in [2.05, 4.69) is 0 Å². The molecule has 27 heavy (non-hydrogen) atoms. The maximum atomic E-state index is 13.0. The van der Waals surface area contributed by atoms with E-state index in [4.69, 9.17) is 9.47 Å². The number of carbonyl (C=O) groups is 2. The van der Waals surface area contributed by atoms with Crippen LogP contribution in [0.4, 0.5) is 0 Å². The van der Waals surface area contributed by atoms with Crippen LogP contribution < -0.4 is 0 Å². The molecule has 0 aliphatic carbocycles. The Labute approximate surface area is 157 Å². The number of aliphatic hydroxyl groups excluding tert-OH is 1. The zero-order valence-corrected chi connectivity index (χ0v) is 15.8. The summed E-state index contributed by atoms with van der Waals surface area (Å²) in [6.45, 7) is 3.47. The molecule has 0 spiro atoms. The van der Waals surface area contributed by atoms with Crippen LogP contribution in [0, 0.1) is 17.0 Å². The van der Waals surface area contributed by atoms with Crippen LogP contribution in [-0.4, -0.2) is 81.6 Å². The molecule has 0 aromatic heterocycles. The van der Waals surface area contributed by atoms with Crippen molar-refractivity contribution in [2.75, 3.05) is 26.3 Å². The molecule has 0 amide bonds. The third-order valence-corrected chi connectivity index (χ3v) is 6.72. The van der Waals surface area contributed by atoms with E-state index in [1.54, 1.807) is 6.08 Å². The van der Waals surface area contributed by atoms with Crippen molar-refractivity contribution >= 4 is 11.9 Å². The predicted molar refractivity (Wildman–Crippen MR) is 91.7 cm³/mol. The molecule has 2 saturated heterocycles. The first-order valence-corrected chi connectivity index (χ1v) is 9.18. The lowest BCUT2D eigenvalue weighted by atomic mass is 9.73. The highest BCUT2D eigenvalue weighted by atomic mass is 16.6. The summed E-state index contributed by atoms with van der Waals surface area (Å²) in [5.74, 6) is -3.93. The highest BCUT2D eigenvalue weighted by Crippen LogP contribution is 2.40. The van der Waals surface area contributed by atoms with Crippen LogP contribution in [0.1, 0.15) is 27.2 Å². The molecular formula is C18H27NO8. The molecule has 3 aliphatic heterocycles. The number of cyclic esters (lactones) is 1. The number of ether oxygens (including phenoxy) is 2. The predicted octanol–water partition coefficient (Wildman–Crippen LogP) is -0.771. The molecule has 3 N–H and O–H groups in total. The van der Waals surface area contributed by atoms with E-state index in [1.165, 1.54) is 20.8 Å². The number of esters is 2. The Hall–Kier alpha value is -1.52. The van der Waals surface area contributed by atoms with E-state index in [0.29, 0.717) is 12.0 Å². The van der Waals surface area contributed by atoms with Crippen molar-refractivity contribution in [2.45, 2.75) is 50.5 Å². The smallest absolute Gasteiger partial charge is 0.341 e. The largest absolute Gasteiger partial charge is 0.632 e. The van der Waals surface area contributed by atoms with Crippen LogP contribution in [0.15, 0.2) is 11.6 Å². The van der Waals surface area contributed by atoms with Gasteiger partial charge in [-0.25, -0.2) is 9.59 Å². The van der Waals surface area contributed by atoms with Gasteiger partial charge in [-0.1, -0.05) is 13.8 Å².